The van der Waals surface area contributed by atoms with Crippen molar-refractivity contribution in [3.63, 3.8) is 0 Å². The van der Waals surface area contributed by atoms with Crippen LogP contribution < -0.4 is 10.2 Å². The Hall–Kier alpha value is -2.12. The molecular formula is C21H25BrN6. The number of nitrogens with zero attached hydrogens (tertiary/aromatic N) is 5. The zero-order chi connectivity index (χ0) is 19.1. The number of anilines is 2. The fourth-order valence-corrected chi connectivity index (χ4v) is 4.18. The Bertz CT molecular complexity index is 988. The Kier molecular flexibility index (Phi) is 4.72. The van der Waals surface area contributed by atoms with Crippen molar-refractivity contribution >= 4 is 33.1 Å². The molecule has 0 bridgehead atoms. The number of imidazole rings is 1. The molecule has 6 nitrogen and oxygen atoms in total. The van der Waals surface area contributed by atoms with Gasteiger partial charge in [-0.1, -0.05) is 15.9 Å². The van der Waals surface area contributed by atoms with Gasteiger partial charge in [-0.05, 0) is 49.6 Å². The molecule has 1 saturated heterocycles. The minimum absolute atomic E-state index is 0.659. The maximum Gasteiger partial charge on any atom is 0.160 e. The van der Waals surface area contributed by atoms with Crippen LogP contribution in [0, 0.1) is 0 Å². The molecular weight excluding hydrogens is 416 g/mol. The Labute approximate surface area is 173 Å². The lowest BCUT2D eigenvalue weighted by Gasteiger charge is -2.34. The number of piperazine rings is 1. The molecule has 1 saturated carbocycles. The molecule has 146 valence electrons. The minimum Gasteiger partial charge on any atom is -0.366 e. The standard InChI is InChI=1S/C21H25BrN6/c1-26-6-8-27(9-7-26)19-10-16(15-2-3-15)13-28-14-18(25-21(19)28)12-24-20-11-17(22)4-5-23-20/h4-5,10-11,13-15H,2-3,6-9,12H2,1H3,(H,23,24). The van der Waals surface area contributed by atoms with Crippen LogP contribution in [0.2, 0.25) is 0 Å². The highest BCUT2D eigenvalue weighted by atomic mass is 79.9. The second kappa shape index (κ2) is 7.37. The quantitative estimate of drug-likeness (QED) is 0.654. The summed E-state index contributed by atoms with van der Waals surface area (Å²) in [5.41, 5.74) is 4.83. The van der Waals surface area contributed by atoms with E-state index in [1.54, 1.807) is 6.20 Å². The number of rotatable bonds is 5. The SMILES string of the molecule is CN1CCN(c2cc(C3CC3)cn3cc(CNc4cc(Br)ccn4)nc23)CC1. The zero-order valence-electron chi connectivity index (χ0n) is 16.1. The molecule has 0 spiro atoms. The van der Waals surface area contributed by atoms with Crippen LogP contribution in [0.25, 0.3) is 5.65 Å². The third-order valence-corrected chi connectivity index (χ3v) is 6.16. The summed E-state index contributed by atoms with van der Waals surface area (Å²) in [5, 5.41) is 3.38. The summed E-state index contributed by atoms with van der Waals surface area (Å²) < 4.78 is 3.25. The molecule has 2 fully saturated rings. The van der Waals surface area contributed by atoms with Crippen LogP contribution in [-0.2, 0) is 6.54 Å². The Morgan fingerprint density at radius 3 is 2.71 bits per heavy atom. The van der Waals surface area contributed by atoms with Gasteiger partial charge in [0.2, 0.25) is 0 Å². The smallest absolute Gasteiger partial charge is 0.160 e. The van der Waals surface area contributed by atoms with Crippen molar-refractivity contribution in [2.24, 2.45) is 0 Å². The Morgan fingerprint density at radius 1 is 1.14 bits per heavy atom. The number of likely N-dealkylation sites (N-methyl/N-ethyl adjacent to an activating group) is 1. The van der Waals surface area contributed by atoms with Crippen molar-refractivity contribution in [3.05, 3.63) is 52.5 Å². The van der Waals surface area contributed by atoms with Gasteiger partial charge in [-0.25, -0.2) is 9.97 Å². The molecule has 5 rings (SSSR count). The van der Waals surface area contributed by atoms with Crippen molar-refractivity contribution in [1.29, 1.82) is 0 Å². The van der Waals surface area contributed by atoms with Crippen LogP contribution >= 0.6 is 15.9 Å². The molecule has 1 aliphatic heterocycles. The first-order chi connectivity index (χ1) is 13.7. The van der Waals surface area contributed by atoms with Crippen molar-refractivity contribution in [3.8, 4) is 0 Å². The fourth-order valence-electron chi connectivity index (χ4n) is 3.84. The topological polar surface area (TPSA) is 48.7 Å². The molecule has 0 unspecified atom stereocenters. The zero-order valence-corrected chi connectivity index (χ0v) is 17.7. The molecule has 7 heteroatoms. The molecule has 3 aromatic heterocycles. The molecule has 0 aromatic carbocycles. The van der Waals surface area contributed by atoms with E-state index in [9.17, 15) is 0 Å². The van der Waals surface area contributed by atoms with E-state index in [0.717, 1.165) is 53.7 Å². The summed E-state index contributed by atoms with van der Waals surface area (Å²) in [4.78, 5) is 14.2. The van der Waals surface area contributed by atoms with E-state index < -0.39 is 0 Å². The second-order valence-corrected chi connectivity index (χ2v) is 8.81. The fraction of sp³-hybridized carbons (Fsp3) is 0.429. The molecule has 3 aromatic rings. The van der Waals surface area contributed by atoms with Gasteiger partial charge in [0.15, 0.2) is 5.65 Å². The van der Waals surface area contributed by atoms with Crippen LogP contribution in [0.1, 0.15) is 30.0 Å². The number of aromatic nitrogens is 3. The average Bonchev–Trinajstić information content (AvgIpc) is 3.46. The van der Waals surface area contributed by atoms with Gasteiger partial charge in [0, 0.05) is 49.2 Å². The number of fused-ring (bicyclic) bond motifs is 1. The monoisotopic (exact) mass is 440 g/mol. The molecule has 4 heterocycles. The van der Waals surface area contributed by atoms with E-state index in [2.05, 4.69) is 65.9 Å². The van der Waals surface area contributed by atoms with Gasteiger partial charge < -0.3 is 19.5 Å². The highest BCUT2D eigenvalue weighted by Gasteiger charge is 2.27. The first-order valence-corrected chi connectivity index (χ1v) is 10.8. The van der Waals surface area contributed by atoms with Crippen molar-refractivity contribution in [2.45, 2.75) is 25.3 Å². The third kappa shape index (κ3) is 3.73. The number of pyridine rings is 2. The highest BCUT2D eigenvalue weighted by Crippen LogP contribution is 2.42. The summed E-state index contributed by atoms with van der Waals surface area (Å²) in [7, 11) is 2.20. The van der Waals surface area contributed by atoms with Crippen molar-refractivity contribution < 1.29 is 0 Å². The summed E-state index contributed by atoms with van der Waals surface area (Å²) in [6.45, 7) is 4.98. The lowest BCUT2D eigenvalue weighted by molar-refractivity contribution is 0.313. The molecule has 1 aliphatic carbocycles. The van der Waals surface area contributed by atoms with E-state index in [0.29, 0.717) is 6.54 Å². The van der Waals surface area contributed by atoms with Crippen LogP contribution in [0.3, 0.4) is 0 Å². The van der Waals surface area contributed by atoms with Gasteiger partial charge in [-0.2, -0.15) is 0 Å². The normalized spacial score (nSPS) is 18.0. The first kappa shape index (κ1) is 17.9. The van der Waals surface area contributed by atoms with E-state index >= 15 is 0 Å². The first-order valence-electron chi connectivity index (χ1n) is 9.96. The Balaban J connectivity index is 1.44. The lowest BCUT2D eigenvalue weighted by atomic mass is 10.1. The largest absolute Gasteiger partial charge is 0.366 e. The number of halogens is 1. The van der Waals surface area contributed by atoms with Gasteiger partial charge in [0.1, 0.15) is 5.82 Å². The predicted octanol–water partition coefficient (Wildman–Crippen LogP) is 3.73. The van der Waals surface area contributed by atoms with Crippen molar-refractivity contribution in [2.75, 3.05) is 43.4 Å². The highest BCUT2D eigenvalue weighted by molar-refractivity contribution is 9.10. The summed E-state index contributed by atoms with van der Waals surface area (Å²) in [5.74, 6) is 1.58. The van der Waals surface area contributed by atoms with E-state index in [1.165, 1.54) is 24.1 Å². The van der Waals surface area contributed by atoms with Gasteiger partial charge in [0.25, 0.3) is 0 Å². The summed E-state index contributed by atoms with van der Waals surface area (Å²) >= 11 is 3.49. The van der Waals surface area contributed by atoms with Gasteiger partial charge in [-0.3, -0.25) is 0 Å². The maximum atomic E-state index is 4.97. The Morgan fingerprint density at radius 2 is 1.96 bits per heavy atom. The molecule has 0 amide bonds. The maximum absolute atomic E-state index is 4.97. The number of nitrogens with one attached hydrogen (secondary N) is 1. The molecule has 0 radical (unpaired) electrons. The predicted molar refractivity (Wildman–Crippen MR) is 116 cm³/mol. The average molecular weight is 441 g/mol. The molecule has 28 heavy (non-hydrogen) atoms. The van der Waals surface area contributed by atoms with E-state index in [-0.39, 0.29) is 0 Å². The lowest BCUT2D eigenvalue weighted by Crippen LogP contribution is -2.44. The minimum atomic E-state index is 0.659. The molecule has 1 N–H and O–H groups in total. The van der Waals surface area contributed by atoms with E-state index in [4.69, 9.17) is 4.98 Å². The summed E-state index contributed by atoms with van der Waals surface area (Å²) in [6, 6.07) is 6.30. The van der Waals surface area contributed by atoms with Crippen molar-refractivity contribution in [1.82, 2.24) is 19.3 Å². The van der Waals surface area contributed by atoms with Crippen LogP contribution in [0.15, 0.2) is 41.3 Å². The second-order valence-electron chi connectivity index (χ2n) is 7.90. The van der Waals surface area contributed by atoms with Crippen LogP contribution in [0.5, 0.6) is 0 Å². The van der Waals surface area contributed by atoms with Gasteiger partial charge in [-0.15, -0.1) is 0 Å². The number of hydrogen-bond acceptors (Lipinski definition) is 5. The van der Waals surface area contributed by atoms with Crippen LogP contribution in [0.4, 0.5) is 11.5 Å². The van der Waals surface area contributed by atoms with Gasteiger partial charge >= 0.3 is 0 Å². The van der Waals surface area contributed by atoms with Crippen LogP contribution in [-0.4, -0.2) is 52.5 Å². The van der Waals surface area contributed by atoms with Gasteiger partial charge in [0.05, 0.1) is 17.9 Å². The molecule has 2 aliphatic rings. The summed E-state index contributed by atoms with van der Waals surface area (Å²) in [6.07, 6.45) is 8.85. The number of hydrogen-bond donors (Lipinski definition) is 1. The third-order valence-electron chi connectivity index (χ3n) is 5.67. The molecule has 0 atom stereocenters. The van der Waals surface area contributed by atoms with E-state index in [1.807, 2.05) is 12.1 Å².